The smallest absolute Gasteiger partial charge is 0.279 e. The van der Waals surface area contributed by atoms with E-state index in [1.807, 2.05) is 19.3 Å². The summed E-state index contributed by atoms with van der Waals surface area (Å²) in [6.07, 6.45) is 6.08. The number of nitrogens with one attached hydrogen (secondary N) is 2. The second-order valence-corrected chi connectivity index (χ2v) is 10.2. The predicted octanol–water partition coefficient (Wildman–Crippen LogP) is 0.960. The third kappa shape index (κ3) is 3.39. The summed E-state index contributed by atoms with van der Waals surface area (Å²) in [7, 11) is -1.46. The molecule has 3 aromatic rings. The minimum atomic E-state index is -3.48. The minimum Gasteiger partial charge on any atom is -0.345 e. The summed E-state index contributed by atoms with van der Waals surface area (Å²) in [6, 6.07) is 1.88. The number of aromatic nitrogens is 5. The van der Waals surface area contributed by atoms with Gasteiger partial charge in [0.05, 0.1) is 11.7 Å². The number of hydrogen-bond acceptors (Lipinski definition) is 6. The first kappa shape index (κ1) is 19.9. The lowest BCUT2D eigenvalue weighted by Gasteiger charge is -2.32. The van der Waals surface area contributed by atoms with Crippen molar-refractivity contribution in [1.29, 1.82) is 0 Å². The maximum atomic E-state index is 12.9. The third-order valence-corrected chi connectivity index (χ3v) is 8.31. The Balaban J connectivity index is 1.40. The van der Waals surface area contributed by atoms with Gasteiger partial charge < -0.3 is 9.88 Å². The summed E-state index contributed by atoms with van der Waals surface area (Å²) in [5.74, 6) is 1.38. The fraction of sp³-hybridized carbons (Fsp3) is 0.632. The maximum absolute atomic E-state index is 12.9. The van der Waals surface area contributed by atoms with Crippen molar-refractivity contribution in [3.8, 4) is 0 Å². The van der Waals surface area contributed by atoms with E-state index in [-0.39, 0.29) is 12.0 Å². The van der Waals surface area contributed by atoms with E-state index in [0.717, 1.165) is 49.3 Å². The van der Waals surface area contributed by atoms with Crippen LogP contribution in [0.4, 0.5) is 0 Å². The lowest BCUT2D eigenvalue weighted by molar-refractivity contribution is 0.220. The second kappa shape index (κ2) is 7.56. The molecule has 3 aromatic heterocycles. The number of aromatic amines is 1. The van der Waals surface area contributed by atoms with Crippen molar-refractivity contribution in [3.05, 3.63) is 24.3 Å². The molecule has 2 aliphatic rings. The monoisotopic (exact) mass is 432 g/mol. The zero-order valence-electron chi connectivity index (χ0n) is 17.3. The quantitative estimate of drug-likeness (QED) is 0.621. The van der Waals surface area contributed by atoms with Crippen LogP contribution in [0.25, 0.3) is 16.8 Å². The van der Waals surface area contributed by atoms with Gasteiger partial charge in [-0.3, -0.25) is 4.40 Å². The maximum Gasteiger partial charge on any atom is 0.279 e. The molecule has 3 atom stereocenters. The average molecular weight is 433 g/mol. The Kier molecular flexibility index (Phi) is 5.00. The van der Waals surface area contributed by atoms with Gasteiger partial charge in [0.1, 0.15) is 5.82 Å². The summed E-state index contributed by atoms with van der Waals surface area (Å²) in [5.41, 5.74) is 2.46. The van der Waals surface area contributed by atoms with Crippen LogP contribution in [0.1, 0.15) is 37.9 Å². The molecule has 4 heterocycles. The number of fused-ring (bicyclic) bond motifs is 3. The van der Waals surface area contributed by atoms with Gasteiger partial charge in [0.15, 0.2) is 11.3 Å². The normalized spacial score (nSPS) is 26.8. The molecule has 162 valence electrons. The lowest BCUT2D eigenvalue weighted by atomic mass is 9.93. The Morgan fingerprint density at radius 1 is 1.20 bits per heavy atom. The van der Waals surface area contributed by atoms with Crippen LogP contribution in [0.3, 0.4) is 0 Å². The van der Waals surface area contributed by atoms with Gasteiger partial charge in [0.25, 0.3) is 10.2 Å². The van der Waals surface area contributed by atoms with Crippen molar-refractivity contribution < 1.29 is 8.42 Å². The molecule has 2 fully saturated rings. The van der Waals surface area contributed by atoms with E-state index in [0.29, 0.717) is 24.7 Å². The number of likely N-dealkylation sites (N-methyl/N-ethyl adjacent to an activating group) is 1. The molecule has 0 amide bonds. The highest BCUT2D eigenvalue weighted by atomic mass is 32.2. The first-order chi connectivity index (χ1) is 14.5. The number of nitrogens with zero attached hydrogens (tertiary/aromatic N) is 6. The van der Waals surface area contributed by atoms with Crippen molar-refractivity contribution in [2.24, 2.45) is 5.92 Å². The van der Waals surface area contributed by atoms with Crippen LogP contribution < -0.4 is 4.72 Å². The third-order valence-electron chi connectivity index (χ3n) is 6.64. The number of piperazine rings is 1. The van der Waals surface area contributed by atoms with E-state index in [9.17, 15) is 8.42 Å². The molecule has 1 aliphatic carbocycles. The highest BCUT2D eigenvalue weighted by molar-refractivity contribution is 7.87. The Bertz CT molecular complexity index is 1150. The molecule has 1 aliphatic heterocycles. The molecule has 0 radical (unpaired) electrons. The molecule has 2 N–H and O–H groups in total. The van der Waals surface area contributed by atoms with Crippen molar-refractivity contribution in [3.63, 3.8) is 0 Å². The highest BCUT2D eigenvalue weighted by Gasteiger charge is 2.40. The van der Waals surface area contributed by atoms with Crippen LogP contribution in [0.5, 0.6) is 0 Å². The zero-order valence-corrected chi connectivity index (χ0v) is 18.1. The first-order valence-corrected chi connectivity index (χ1v) is 12.0. The zero-order chi connectivity index (χ0) is 20.9. The molecular formula is C19H28N8O2S. The fourth-order valence-corrected chi connectivity index (χ4v) is 6.35. The van der Waals surface area contributed by atoms with Gasteiger partial charge in [-0.25, -0.2) is 4.98 Å². The minimum absolute atomic E-state index is 0.0968. The van der Waals surface area contributed by atoms with Crippen molar-refractivity contribution in [2.75, 3.05) is 33.2 Å². The van der Waals surface area contributed by atoms with Crippen LogP contribution in [0.15, 0.2) is 18.5 Å². The molecule has 0 bridgehead atoms. The van der Waals surface area contributed by atoms with Gasteiger partial charge in [0, 0.05) is 44.3 Å². The summed E-state index contributed by atoms with van der Waals surface area (Å²) >= 11 is 0. The molecule has 10 nitrogen and oxygen atoms in total. The van der Waals surface area contributed by atoms with Gasteiger partial charge in [0.2, 0.25) is 0 Å². The van der Waals surface area contributed by atoms with Crippen molar-refractivity contribution in [2.45, 2.75) is 38.1 Å². The molecule has 1 saturated carbocycles. The molecular weight excluding hydrogens is 404 g/mol. The molecule has 11 heteroatoms. The lowest BCUT2D eigenvalue weighted by Crippen LogP contribution is -2.52. The van der Waals surface area contributed by atoms with E-state index < -0.39 is 10.2 Å². The average Bonchev–Trinajstić information content (AvgIpc) is 3.44. The summed E-state index contributed by atoms with van der Waals surface area (Å²) < 4.78 is 32.5. The number of rotatable bonds is 5. The van der Waals surface area contributed by atoms with Gasteiger partial charge in [-0.1, -0.05) is 13.3 Å². The van der Waals surface area contributed by atoms with E-state index in [2.05, 4.69) is 41.1 Å². The van der Waals surface area contributed by atoms with Gasteiger partial charge in [-0.05, 0) is 31.9 Å². The molecule has 3 unspecified atom stereocenters. The van der Waals surface area contributed by atoms with Crippen LogP contribution in [0, 0.1) is 5.92 Å². The molecule has 0 aromatic carbocycles. The van der Waals surface area contributed by atoms with Gasteiger partial charge in [-0.2, -0.15) is 17.4 Å². The van der Waals surface area contributed by atoms with Crippen LogP contribution in [-0.2, 0) is 10.2 Å². The molecule has 5 rings (SSSR count). The van der Waals surface area contributed by atoms with Crippen molar-refractivity contribution in [1.82, 2.24) is 38.5 Å². The van der Waals surface area contributed by atoms with Gasteiger partial charge >= 0.3 is 0 Å². The SMILES string of the molecule is CCC1CC(NS(=O)(=O)N2CCN(C)CC2)CC1c1nnc2cnc3[nH]ccc3n12. The van der Waals surface area contributed by atoms with Gasteiger partial charge in [-0.15, -0.1) is 10.2 Å². The first-order valence-electron chi connectivity index (χ1n) is 10.6. The van der Waals surface area contributed by atoms with E-state index in [1.54, 1.807) is 10.5 Å². The molecule has 1 saturated heterocycles. The number of H-pyrrole nitrogens is 1. The standard InChI is InChI=1S/C19H28N8O2S/c1-3-13-10-14(24-30(28,29)26-8-6-25(2)7-9-26)11-15(13)19-23-22-17-12-21-18-16(27(17)19)4-5-20-18/h4-5,12-15,20,24H,3,6-11H2,1-2H3. The van der Waals surface area contributed by atoms with Crippen LogP contribution in [0.2, 0.25) is 0 Å². The molecule has 0 spiro atoms. The number of hydrogen-bond donors (Lipinski definition) is 2. The second-order valence-electron chi connectivity index (χ2n) is 8.49. The Hall–Kier alpha value is -2.08. The highest BCUT2D eigenvalue weighted by Crippen LogP contribution is 2.41. The Labute approximate surface area is 175 Å². The van der Waals surface area contributed by atoms with Crippen LogP contribution in [-0.4, -0.2) is 81.5 Å². The predicted molar refractivity (Wildman–Crippen MR) is 113 cm³/mol. The van der Waals surface area contributed by atoms with Crippen LogP contribution >= 0.6 is 0 Å². The summed E-state index contributed by atoms with van der Waals surface area (Å²) in [4.78, 5) is 9.68. The van der Waals surface area contributed by atoms with Crippen molar-refractivity contribution >= 4 is 27.0 Å². The fourth-order valence-electron chi connectivity index (χ4n) is 4.94. The summed E-state index contributed by atoms with van der Waals surface area (Å²) in [6.45, 7) is 4.75. The Morgan fingerprint density at radius 3 is 2.77 bits per heavy atom. The topological polar surface area (TPSA) is 112 Å². The summed E-state index contributed by atoms with van der Waals surface area (Å²) in [5, 5.41) is 8.83. The Morgan fingerprint density at radius 2 is 2.00 bits per heavy atom. The van der Waals surface area contributed by atoms with E-state index in [1.165, 1.54) is 0 Å². The largest absolute Gasteiger partial charge is 0.345 e. The van der Waals surface area contributed by atoms with E-state index >= 15 is 0 Å². The molecule has 30 heavy (non-hydrogen) atoms. The van der Waals surface area contributed by atoms with E-state index in [4.69, 9.17) is 0 Å².